The molecule has 1 N–H and O–H groups in total. The predicted octanol–water partition coefficient (Wildman–Crippen LogP) is 1.40. The molecule has 0 saturated carbocycles. The van der Waals surface area contributed by atoms with Gasteiger partial charge < -0.3 is 0 Å². The Bertz CT molecular complexity index is 929. The van der Waals surface area contributed by atoms with Gasteiger partial charge in [-0.2, -0.15) is 5.10 Å². The zero-order chi connectivity index (χ0) is 16.4. The Morgan fingerprint density at radius 2 is 2.09 bits per heavy atom. The van der Waals surface area contributed by atoms with Gasteiger partial charge >= 0.3 is 0 Å². The number of fused-ring (bicyclic) bond motifs is 1. The van der Waals surface area contributed by atoms with Gasteiger partial charge in [0.05, 0.1) is 5.69 Å². The van der Waals surface area contributed by atoms with E-state index in [0.29, 0.717) is 25.0 Å². The van der Waals surface area contributed by atoms with Gasteiger partial charge in [0.2, 0.25) is 10.0 Å². The first-order chi connectivity index (χ1) is 11.0. The van der Waals surface area contributed by atoms with Gasteiger partial charge in [-0.3, -0.25) is 4.68 Å². The van der Waals surface area contributed by atoms with Gasteiger partial charge in [0.25, 0.3) is 0 Å². The molecule has 3 aromatic rings. The van der Waals surface area contributed by atoms with Crippen molar-refractivity contribution in [2.75, 3.05) is 6.54 Å². The molecule has 0 spiro atoms. The summed E-state index contributed by atoms with van der Waals surface area (Å²) in [5.74, 6) is 0. The fourth-order valence-electron chi connectivity index (χ4n) is 2.41. The second-order valence-electron chi connectivity index (χ2n) is 5.29. The molecule has 0 unspecified atom stereocenters. The highest BCUT2D eigenvalue weighted by Crippen LogP contribution is 2.19. The number of sulfonamides is 1. The molecule has 0 fully saturated rings. The van der Waals surface area contributed by atoms with Crippen LogP contribution in [0.5, 0.6) is 0 Å². The van der Waals surface area contributed by atoms with Crippen LogP contribution in [0.1, 0.15) is 17.8 Å². The van der Waals surface area contributed by atoms with E-state index in [2.05, 4.69) is 24.8 Å². The second kappa shape index (κ2) is 6.09. The van der Waals surface area contributed by atoms with E-state index in [-0.39, 0.29) is 10.4 Å². The fraction of sp³-hybridized carbons (Fsp3) is 0.357. The Balaban J connectivity index is 1.65. The Kier molecular flexibility index (Phi) is 4.14. The first-order valence-corrected chi connectivity index (χ1v) is 8.68. The summed E-state index contributed by atoms with van der Waals surface area (Å²) in [6.45, 7) is 4.86. The lowest BCUT2D eigenvalue weighted by molar-refractivity contribution is 0.315. The maximum atomic E-state index is 12.4. The number of aryl methyl sites for hydroxylation is 3. The predicted molar refractivity (Wildman–Crippen MR) is 83.3 cm³/mol. The number of nitrogens with one attached hydrogen (secondary N) is 1. The number of hydrogen-bond acceptors (Lipinski definition) is 6. The van der Waals surface area contributed by atoms with E-state index in [1.807, 2.05) is 24.6 Å². The highest BCUT2D eigenvalue weighted by molar-refractivity contribution is 7.89. The molecular weight excluding hydrogens is 318 g/mol. The van der Waals surface area contributed by atoms with Crippen LogP contribution in [0, 0.1) is 13.8 Å². The smallest absolute Gasteiger partial charge is 0.242 e. The highest BCUT2D eigenvalue weighted by atomic mass is 32.2. The summed E-state index contributed by atoms with van der Waals surface area (Å²) in [5.41, 5.74) is 2.66. The molecule has 1 aromatic carbocycles. The number of aromatic nitrogens is 4. The molecule has 23 heavy (non-hydrogen) atoms. The zero-order valence-corrected chi connectivity index (χ0v) is 13.7. The van der Waals surface area contributed by atoms with E-state index in [9.17, 15) is 8.42 Å². The Morgan fingerprint density at radius 3 is 2.83 bits per heavy atom. The third-order valence-corrected chi connectivity index (χ3v) is 4.97. The summed E-state index contributed by atoms with van der Waals surface area (Å²) in [5, 5.41) is 11.7. The molecule has 0 aliphatic rings. The van der Waals surface area contributed by atoms with Crippen LogP contribution in [0.3, 0.4) is 0 Å². The van der Waals surface area contributed by atoms with Gasteiger partial charge in [0, 0.05) is 18.8 Å². The lowest BCUT2D eigenvalue weighted by Gasteiger charge is -2.07. The van der Waals surface area contributed by atoms with Crippen LogP contribution in [0.2, 0.25) is 0 Å². The number of benzene rings is 1. The Hall–Kier alpha value is -2.26. The maximum absolute atomic E-state index is 12.4. The molecule has 0 aliphatic carbocycles. The van der Waals surface area contributed by atoms with Crippen molar-refractivity contribution in [3.63, 3.8) is 0 Å². The SMILES string of the molecule is Cc1cc(C)n(CCCNS(=O)(=O)c2cccc3nonc23)n1. The lowest BCUT2D eigenvalue weighted by Crippen LogP contribution is -2.26. The van der Waals surface area contributed by atoms with Crippen molar-refractivity contribution in [2.24, 2.45) is 0 Å². The first kappa shape index (κ1) is 15.6. The van der Waals surface area contributed by atoms with E-state index in [1.54, 1.807) is 12.1 Å². The molecule has 0 atom stereocenters. The van der Waals surface area contributed by atoms with Crippen LogP contribution < -0.4 is 4.72 Å². The molecule has 0 aliphatic heterocycles. The van der Waals surface area contributed by atoms with Crippen molar-refractivity contribution >= 4 is 21.1 Å². The van der Waals surface area contributed by atoms with E-state index in [4.69, 9.17) is 0 Å². The monoisotopic (exact) mass is 335 g/mol. The van der Waals surface area contributed by atoms with Crippen molar-refractivity contribution in [1.82, 2.24) is 24.8 Å². The van der Waals surface area contributed by atoms with Crippen LogP contribution in [-0.4, -0.2) is 35.1 Å². The summed E-state index contributed by atoms with van der Waals surface area (Å²) in [4.78, 5) is 0.0716. The molecular formula is C14H17N5O3S. The summed E-state index contributed by atoms with van der Waals surface area (Å²) >= 11 is 0. The van der Waals surface area contributed by atoms with Gasteiger partial charge in [-0.05, 0) is 48.8 Å². The minimum Gasteiger partial charge on any atom is -0.270 e. The molecule has 8 nitrogen and oxygen atoms in total. The van der Waals surface area contributed by atoms with Crippen LogP contribution >= 0.6 is 0 Å². The van der Waals surface area contributed by atoms with Gasteiger partial charge in [-0.1, -0.05) is 6.07 Å². The molecule has 122 valence electrons. The number of hydrogen-bond donors (Lipinski definition) is 1. The van der Waals surface area contributed by atoms with E-state index in [0.717, 1.165) is 11.4 Å². The molecule has 2 heterocycles. The zero-order valence-electron chi connectivity index (χ0n) is 12.9. The molecule has 2 aromatic heterocycles. The molecule has 3 rings (SSSR count). The lowest BCUT2D eigenvalue weighted by atomic mass is 10.3. The minimum atomic E-state index is -3.66. The molecule has 0 saturated heterocycles. The summed E-state index contributed by atoms with van der Waals surface area (Å²) < 4.78 is 33.8. The summed E-state index contributed by atoms with van der Waals surface area (Å²) in [7, 11) is -3.66. The molecule has 0 radical (unpaired) electrons. The molecule has 9 heteroatoms. The van der Waals surface area contributed by atoms with E-state index in [1.165, 1.54) is 6.07 Å². The average molecular weight is 335 g/mol. The highest BCUT2D eigenvalue weighted by Gasteiger charge is 2.19. The molecule has 0 bridgehead atoms. The summed E-state index contributed by atoms with van der Waals surface area (Å²) in [6.07, 6.45) is 0.633. The van der Waals surface area contributed by atoms with Gasteiger partial charge in [-0.25, -0.2) is 17.8 Å². The Morgan fingerprint density at radius 1 is 1.26 bits per heavy atom. The van der Waals surface area contributed by atoms with Crippen LogP contribution in [0.15, 0.2) is 33.8 Å². The van der Waals surface area contributed by atoms with Crippen molar-refractivity contribution in [1.29, 1.82) is 0 Å². The standard InChI is InChI=1S/C14H17N5O3S/c1-10-9-11(2)19(16-10)8-4-7-15-23(20,21)13-6-3-5-12-14(13)18-22-17-12/h3,5-6,9,15H,4,7-8H2,1-2H3. The third-order valence-electron chi connectivity index (χ3n) is 3.48. The van der Waals surface area contributed by atoms with Crippen LogP contribution in [0.4, 0.5) is 0 Å². The normalized spacial score (nSPS) is 12.1. The van der Waals surface area contributed by atoms with Gasteiger partial charge in [0.15, 0.2) is 5.52 Å². The quantitative estimate of drug-likeness (QED) is 0.683. The third kappa shape index (κ3) is 3.25. The fourth-order valence-corrected chi connectivity index (χ4v) is 3.64. The largest absolute Gasteiger partial charge is 0.270 e. The molecule has 0 amide bonds. The van der Waals surface area contributed by atoms with Crippen molar-refractivity contribution in [3.05, 3.63) is 35.7 Å². The van der Waals surface area contributed by atoms with Gasteiger partial charge in [0.1, 0.15) is 10.4 Å². The second-order valence-corrected chi connectivity index (χ2v) is 7.03. The Labute approximate surface area is 133 Å². The maximum Gasteiger partial charge on any atom is 0.242 e. The number of rotatable bonds is 6. The van der Waals surface area contributed by atoms with E-state index >= 15 is 0 Å². The number of nitrogens with zero attached hydrogens (tertiary/aromatic N) is 4. The summed E-state index contributed by atoms with van der Waals surface area (Å²) in [6, 6.07) is 6.73. The first-order valence-electron chi connectivity index (χ1n) is 7.19. The topological polar surface area (TPSA) is 103 Å². The van der Waals surface area contributed by atoms with Crippen LogP contribution in [0.25, 0.3) is 11.0 Å². The van der Waals surface area contributed by atoms with Crippen molar-refractivity contribution < 1.29 is 13.0 Å². The minimum absolute atomic E-state index is 0.0716. The van der Waals surface area contributed by atoms with Gasteiger partial charge in [-0.15, -0.1) is 0 Å². The average Bonchev–Trinajstić information content (AvgIpc) is 3.09. The van der Waals surface area contributed by atoms with E-state index < -0.39 is 10.0 Å². The van der Waals surface area contributed by atoms with Crippen molar-refractivity contribution in [3.8, 4) is 0 Å². The van der Waals surface area contributed by atoms with Crippen molar-refractivity contribution in [2.45, 2.75) is 31.7 Å². The van der Waals surface area contributed by atoms with Crippen LogP contribution in [-0.2, 0) is 16.6 Å².